The first kappa shape index (κ1) is 13.4. The van der Waals surface area contributed by atoms with Crippen LogP contribution in [0.3, 0.4) is 0 Å². The minimum Gasteiger partial charge on any atom is -0.314 e. The topological polar surface area (TPSA) is 12.0 Å². The third-order valence-corrected chi connectivity index (χ3v) is 4.50. The van der Waals surface area contributed by atoms with E-state index in [1.165, 1.54) is 90.0 Å². The Kier molecular flexibility index (Phi) is 6.41. The van der Waals surface area contributed by atoms with Gasteiger partial charge in [0.25, 0.3) is 0 Å². The van der Waals surface area contributed by atoms with Crippen molar-refractivity contribution in [2.75, 3.05) is 6.54 Å². The average Bonchev–Trinajstić information content (AvgIpc) is 3.12. The highest BCUT2D eigenvalue weighted by atomic mass is 14.9. The van der Waals surface area contributed by atoms with E-state index in [0.717, 1.165) is 12.0 Å². The van der Waals surface area contributed by atoms with Gasteiger partial charge in [0, 0.05) is 6.04 Å². The lowest BCUT2D eigenvalue weighted by Crippen LogP contribution is -2.24. The van der Waals surface area contributed by atoms with Crippen molar-refractivity contribution in [1.82, 2.24) is 5.32 Å². The third-order valence-electron chi connectivity index (χ3n) is 4.50. The molecule has 2 aliphatic carbocycles. The highest BCUT2D eigenvalue weighted by molar-refractivity contribution is 4.81. The monoisotopic (exact) mass is 237 g/mol. The second-order valence-electron chi connectivity index (χ2n) is 6.31. The molecule has 2 aliphatic rings. The first-order valence-corrected chi connectivity index (χ1v) is 8.18. The summed E-state index contributed by atoms with van der Waals surface area (Å²) in [6.45, 7) is 1.31. The van der Waals surface area contributed by atoms with E-state index in [2.05, 4.69) is 5.32 Å². The summed E-state index contributed by atoms with van der Waals surface area (Å²) in [4.78, 5) is 0. The van der Waals surface area contributed by atoms with Crippen molar-refractivity contribution >= 4 is 0 Å². The van der Waals surface area contributed by atoms with Crippen LogP contribution < -0.4 is 5.32 Å². The molecular weight excluding hydrogens is 206 g/mol. The Morgan fingerprint density at radius 1 is 0.588 bits per heavy atom. The molecule has 0 atom stereocenters. The van der Waals surface area contributed by atoms with Gasteiger partial charge < -0.3 is 5.32 Å². The first-order chi connectivity index (χ1) is 8.45. The summed E-state index contributed by atoms with van der Waals surface area (Å²) in [6, 6.07) is 0.899. The van der Waals surface area contributed by atoms with Gasteiger partial charge in [0.1, 0.15) is 0 Å². The van der Waals surface area contributed by atoms with Gasteiger partial charge in [-0.3, -0.25) is 0 Å². The summed E-state index contributed by atoms with van der Waals surface area (Å²) in [5.74, 6) is 0.982. The van der Waals surface area contributed by atoms with E-state index in [0.29, 0.717) is 0 Å². The zero-order valence-electron chi connectivity index (χ0n) is 11.6. The summed E-state index contributed by atoms with van der Waals surface area (Å²) < 4.78 is 0. The summed E-state index contributed by atoms with van der Waals surface area (Å²) in [5, 5.41) is 3.74. The van der Waals surface area contributed by atoms with Crippen LogP contribution >= 0.6 is 0 Å². The van der Waals surface area contributed by atoms with E-state index in [1.54, 1.807) is 0 Å². The number of nitrogens with one attached hydrogen (secondary N) is 1. The maximum atomic E-state index is 3.74. The molecule has 2 fully saturated rings. The molecule has 1 heteroatoms. The predicted octanol–water partition coefficient (Wildman–Crippen LogP) is 4.66. The predicted molar refractivity (Wildman–Crippen MR) is 75.3 cm³/mol. The molecule has 2 saturated carbocycles. The van der Waals surface area contributed by atoms with Crippen LogP contribution in [0.5, 0.6) is 0 Å². The van der Waals surface area contributed by atoms with Gasteiger partial charge in [-0.2, -0.15) is 0 Å². The van der Waals surface area contributed by atoms with E-state index < -0.39 is 0 Å². The van der Waals surface area contributed by atoms with Crippen LogP contribution in [0.2, 0.25) is 0 Å². The number of hydrogen-bond acceptors (Lipinski definition) is 1. The van der Waals surface area contributed by atoms with Crippen molar-refractivity contribution in [2.24, 2.45) is 5.92 Å². The SMILES string of the molecule is C1CCCCCC(CNC2CC2)CCCCC1. The van der Waals surface area contributed by atoms with Gasteiger partial charge in [0.15, 0.2) is 0 Å². The summed E-state index contributed by atoms with van der Waals surface area (Å²) in [5.41, 5.74) is 0. The number of rotatable bonds is 3. The van der Waals surface area contributed by atoms with Gasteiger partial charge in [-0.15, -0.1) is 0 Å². The Morgan fingerprint density at radius 2 is 1.06 bits per heavy atom. The molecule has 0 bridgehead atoms. The van der Waals surface area contributed by atoms with E-state index in [-0.39, 0.29) is 0 Å². The molecule has 0 aromatic rings. The zero-order valence-corrected chi connectivity index (χ0v) is 11.6. The van der Waals surface area contributed by atoms with E-state index in [1.807, 2.05) is 0 Å². The third kappa shape index (κ3) is 6.45. The normalized spacial score (nSPS) is 26.1. The van der Waals surface area contributed by atoms with Gasteiger partial charge in [-0.05, 0) is 38.1 Å². The Hall–Kier alpha value is -0.0400. The molecule has 0 heterocycles. The van der Waals surface area contributed by atoms with Gasteiger partial charge in [-0.25, -0.2) is 0 Å². The van der Waals surface area contributed by atoms with Crippen LogP contribution in [0.1, 0.15) is 83.5 Å². The van der Waals surface area contributed by atoms with Crippen LogP contribution in [0.25, 0.3) is 0 Å². The van der Waals surface area contributed by atoms with Gasteiger partial charge in [0.2, 0.25) is 0 Å². The zero-order chi connectivity index (χ0) is 11.8. The van der Waals surface area contributed by atoms with E-state index in [4.69, 9.17) is 0 Å². The molecule has 100 valence electrons. The summed E-state index contributed by atoms with van der Waals surface area (Å²) >= 11 is 0. The molecule has 0 amide bonds. The molecule has 0 unspecified atom stereocenters. The first-order valence-electron chi connectivity index (χ1n) is 8.18. The van der Waals surface area contributed by atoms with Crippen molar-refractivity contribution in [3.05, 3.63) is 0 Å². The molecule has 0 aliphatic heterocycles. The van der Waals surface area contributed by atoms with Crippen LogP contribution in [0, 0.1) is 5.92 Å². The van der Waals surface area contributed by atoms with Crippen molar-refractivity contribution in [3.8, 4) is 0 Å². The molecule has 0 aromatic heterocycles. The van der Waals surface area contributed by atoms with Crippen molar-refractivity contribution < 1.29 is 0 Å². The molecule has 1 N–H and O–H groups in total. The quantitative estimate of drug-likeness (QED) is 0.753. The molecule has 2 rings (SSSR count). The highest BCUT2D eigenvalue weighted by Crippen LogP contribution is 2.23. The standard InChI is InChI=1S/C16H31N/c1-2-4-6-8-10-15(11-9-7-5-3-1)14-17-16-12-13-16/h15-17H,1-14H2. The van der Waals surface area contributed by atoms with Crippen LogP contribution in [0.4, 0.5) is 0 Å². The van der Waals surface area contributed by atoms with Gasteiger partial charge >= 0.3 is 0 Å². The lowest BCUT2D eigenvalue weighted by Gasteiger charge is -2.18. The molecular formula is C16H31N. The molecule has 0 spiro atoms. The van der Waals surface area contributed by atoms with Crippen molar-refractivity contribution in [1.29, 1.82) is 0 Å². The highest BCUT2D eigenvalue weighted by Gasteiger charge is 2.21. The van der Waals surface area contributed by atoms with Gasteiger partial charge in [-0.1, -0.05) is 57.8 Å². The minimum atomic E-state index is 0.899. The van der Waals surface area contributed by atoms with E-state index in [9.17, 15) is 0 Å². The summed E-state index contributed by atoms with van der Waals surface area (Å²) in [6.07, 6.45) is 19.2. The lowest BCUT2D eigenvalue weighted by atomic mass is 9.93. The average molecular weight is 237 g/mol. The van der Waals surface area contributed by atoms with Gasteiger partial charge in [0.05, 0.1) is 0 Å². The fourth-order valence-corrected chi connectivity index (χ4v) is 3.07. The second kappa shape index (κ2) is 8.13. The molecule has 17 heavy (non-hydrogen) atoms. The fourth-order valence-electron chi connectivity index (χ4n) is 3.07. The molecule has 0 aromatic carbocycles. The van der Waals surface area contributed by atoms with E-state index >= 15 is 0 Å². The fraction of sp³-hybridized carbons (Fsp3) is 1.00. The maximum Gasteiger partial charge on any atom is 0.00683 e. The number of hydrogen-bond donors (Lipinski definition) is 1. The van der Waals surface area contributed by atoms with Crippen LogP contribution in [-0.4, -0.2) is 12.6 Å². The minimum absolute atomic E-state index is 0.899. The smallest absolute Gasteiger partial charge is 0.00683 e. The van der Waals surface area contributed by atoms with Crippen LogP contribution in [0.15, 0.2) is 0 Å². The Balaban J connectivity index is 1.63. The Morgan fingerprint density at radius 3 is 1.53 bits per heavy atom. The molecule has 1 nitrogen and oxygen atoms in total. The van der Waals surface area contributed by atoms with Crippen LogP contribution in [-0.2, 0) is 0 Å². The largest absolute Gasteiger partial charge is 0.314 e. The Labute approximate surface area is 108 Å². The summed E-state index contributed by atoms with van der Waals surface area (Å²) in [7, 11) is 0. The Bertz CT molecular complexity index is 174. The van der Waals surface area contributed by atoms with Crippen molar-refractivity contribution in [2.45, 2.75) is 89.5 Å². The maximum absolute atomic E-state index is 3.74. The molecule has 0 radical (unpaired) electrons. The molecule has 0 saturated heterocycles. The second-order valence-corrected chi connectivity index (χ2v) is 6.31. The lowest BCUT2D eigenvalue weighted by molar-refractivity contribution is 0.375. The van der Waals surface area contributed by atoms with Crippen molar-refractivity contribution in [3.63, 3.8) is 0 Å².